The summed E-state index contributed by atoms with van der Waals surface area (Å²) in [4.78, 5) is 22.7. The predicted molar refractivity (Wildman–Crippen MR) is 134 cm³/mol. The van der Waals surface area contributed by atoms with Gasteiger partial charge in [0.15, 0.2) is 0 Å². The molecule has 1 saturated heterocycles. The summed E-state index contributed by atoms with van der Waals surface area (Å²) in [5.74, 6) is 0.241. The van der Waals surface area contributed by atoms with Crippen LogP contribution in [0.5, 0.6) is 0 Å². The number of amides is 1. The maximum Gasteiger partial charge on any atom is 0.254 e. The zero-order valence-corrected chi connectivity index (χ0v) is 18.7. The Morgan fingerprint density at radius 2 is 1.79 bits per heavy atom. The van der Waals surface area contributed by atoms with E-state index in [0.29, 0.717) is 49.7 Å². The second kappa shape index (κ2) is 10.6. The van der Waals surface area contributed by atoms with Crippen LogP contribution in [0.15, 0.2) is 77.9 Å². The Kier molecular flexibility index (Phi) is 7.19. The minimum Gasteiger partial charge on any atom is -0.387 e. The summed E-state index contributed by atoms with van der Waals surface area (Å²) in [5.41, 5.74) is 9.37. The maximum atomic E-state index is 12.5. The van der Waals surface area contributed by atoms with E-state index in [1.807, 2.05) is 30.3 Å². The summed E-state index contributed by atoms with van der Waals surface area (Å²) < 4.78 is 5.29. The molecule has 0 atom stereocenters. The van der Waals surface area contributed by atoms with Crippen molar-refractivity contribution in [3.8, 4) is 0 Å². The van der Waals surface area contributed by atoms with E-state index in [-0.39, 0.29) is 17.5 Å². The normalized spacial score (nSPS) is 14.5. The van der Waals surface area contributed by atoms with E-state index in [1.54, 1.807) is 35.4 Å². The number of rotatable bonds is 6. The number of allylic oxidation sites excluding steroid dienone is 1. The van der Waals surface area contributed by atoms with Crippen LogP contribution < -0.4 is 5.73 Å². The number of ether oxygens (including phenoxy) is 1. The number of carbonyl (C=O) groups is 1. The number of nitrogens with two attached hydrogens (primary N) is 1. The zero-order valence-electron chi connectivity index (χ0n) is 18.7. The highest BCUT2D eigenvalue weighted by molar-refractivity contribution is 6.11. The molecule has 0 radical (unpaired) electrons. The number of amidine groups is 2. The maximum absolute atomic E-state index is 12.5. The minimum absolute atomic E-state index is 0.0359. The lowest BCUT2D eigenvalue weighted by Gasteiger charge is -2.26. The number of fused-ring (bicyclic) bond motifs is 1. The number of aromatic nitrogens is 1. The molecule has 0 spiro atoms. The lowest BCUT2D eigenvalue weighted by molar-refractivity contribution is 0.0303. The molecule has 8 nitrogen and oxygen atoms in total. The number of benzene rings is 2. The van der Waals surface area contributed by atoms with Crippen molar-refractivity contribution in [2.75, 3.05) is 26.3 Å². The first-order chi connectivity index (χ1) is 16.5. The van der Waals surface area contributed by atoms with Crippen LogP contribution in [0.2, 0.25) is 0 Å². The average molecular weight is 455 g/mol. The number of carbonyl (C=O) groups excluding carboxylic acids is 1. The molecule has 0 bridgehead atoms. The van der Waals surface area contributed by atoms with E-state index >= 15 is 0 Å². The Balaban J connectivity index is 1.34. The number of hydrogen-bond donors (Lipinski definition) is 3. The lowest BCUT2D eigenvalue weighted by atomic mass is 10.1. The molecule has 0 saturated carbocycles. The Morgan fingerprint density at radius 3 is 2.56 bits per heavy atom. The molecule has 34 heavy (non-hydrogen) atoms. The molecular weight excluding hydrogens is 428 g/mol. The van der Waals surface area contributed by atoms with Crippen LogP contribution in [0.1, 0.15) is 21.5 Å². The van der Waals surface area contributed by atoms with Crippen molar-refractivity contribution >= 4 is 34.2 Å². The van der Waals surface area contributed by atoms with Gasteiger partial charge in [-0.3, -0.25) is 15.2 Å². The average Bonchev–Trinajstić information content (AvgIpc) is 2.87. The van der Waals surface area contributed by atoms with Gasteiger partial charge >= 0.3 is 0 Å². The van der Waals surface area contributed by atoms with Gasteiger partial charge in [-0.15, -0.1) is 0 Å². The topological polar surface area (TPSA) is 129 Å². The highest BCUT2D eigenvalue weighted by Gasteiger charge is 2.18. The van der Waals surface area contributed by atoms with Crippen molar-refractivity contribution in [2.24, 2.45) is 10.7 Å². The Bertz CT molecular complexity index is 1270. The third-order valence-corrected chi connectivity index (χ3v) is 5.47. The quantitative estimate of drug-likeness (QED) is 0.390. The van der Waals surface area contributed by atoms with Crippen LogP contribution in [-0.2, 0) is 11.2 Å². The predicted octanol–water partition coefficient (Wildman–Crippen LogP) is 3.21. The van der Waals surface area contributed by atoms with E-state index in [9.17, 15) is 4.79 Å². The molecule has 4 rings (SSSR count). The summed E-state index contributed by atoms with van der Waals surface area (Å²) in [6.07, 6.45) is 5.10. The first kappa shape index (κ1) is 23.0. The summed E-state index contributed by atoms with van der Waals surface area (Å²) in [6.45, 7) is 2.28. The van der Waals surface area contributed by atoms with Gasteiger partial charge in [0, 0.05) is 36.7 Å². The second-order valence-electron chi connectivity index (χ2n) is 7.92. The fraction of sp³-hybridized carbons (Fsp3) is 0.192. The van der Waals surface area contributed by atoms with Gasteiger partial charge in [-0.25, -0.2) is 4.99 Å². The third kappa shape index (κ3) is 5.79. The minimum atomic E-state index is -0.0381. The van der Waals surface area contributed by atoms with Gasteiger partial charge in [0.1, 0.15) is 11.7 Å². The van der Waals surface area contributed by atoms with E-state index in [2.05, 4.69) is 9.98 Å². The Morgan fingerprint density at radius 1 is 1.06 bits per heavy atom. The summed E-state index contributed by atoms with van der Waals surface area (Å²) in [5, 5.41) is 17.3. The summed E-state index contributed by atoms with van der Waals surface area (Å²) in [6, 6.07) is 16.7. The molecule has 1 aromatic heterocycles. The van der Waals surface area contributed by atoms with E-state index in [0.717, 1.165) is 16.5 Å². The molecule has 2 aromatic carbocycles. The molecule has 1 amide bonds. The molecule has 0 unspecified atom stereocenters. The number of pyridine rings is 1. The van der Waals surface area contributed by atoms with Gasteiger partial charge in [0.25, 0.3) is 5.91 Å². The van der Waals surface area contributed by atoms with Crippen molar-refractivity contribution in [3.05, 3.63) is 89.6 Å². The Hall–Kier alpha value is -4.17. The first-order valence-electron chi connectivity index (χ1n) is 11.0. The summed E-state index contributed by atoms with van der Waals surface area (Å²) >= 11 is 0. The highest BCUT2D eigenvalue weighted by atomic mass is 16.5. The lowest BCUT2D eigenvalue weighted by Crippen LogP contribution is -2.40. The van der Waals surface area contributed by atoms with Gasteiger partial charge < -0.3 is 20.8 Å². The molecule has 172 valence electrons. The molecule has 1 aliphatic rings. The van der Waals surface area contributed by atoms with Crippen LogP contribution in [0.4, 0.5) is 0 Å². The molecule has 8 heteroatoms. The van der Waals surface area contributed by atoms with E-state index < -0.39 is 0 Å². The van der Waals surface area contributed by atoms with Crippen molar-refractivity contribution in [1.29, 1.82) is 10.8 Å². The highest BCUT2D eigenvalue weighted by Crippen LogP contribution is 2.14. The van der Waals surface area contributed by atoms with Gasteiger partial charge in [-0.2, -0.15) is 0 Å². The third-order valence-electron chi connectivity index (χ3n) is 5.47. The van der Waals surface area contributed by atoms with Crippen molar-refractivity contribution in [1.82, 2.24) is 9.88 Å². The van der Waals surface area contributed by atoms with Crippen LogP contribution >= 0.6 is 0 Å². The number of morpholine rings is 1. The van der Waals surface area contributed by atoms with E-state index in [1.165, 1.54) is 12.2 Å². The monoisotopic (exact) mass is 454 g/mol. The van der Waals surface area contributed by atoms with Gasteiger partial charge in [-0.1, -0.05) is 24.3 Å². The van der Waals surface area contributed by atoms with Gasteiger partial charge in [0.05, 0.1) is 24.4 Å². The molecule has 0 aliphatic carbocycles. The first-order valence-corrected chi connectivity index (χ1v) is 11.0. The zero-order chi connectivity index (χ0) is 23.9. The number of hydrogen-bond acceptors (Lipinski definition) is 5. The number of nitrogens with one attached hydrogen (secondary N) is 2. The van der Waals surface area contributed by atoms with Crippen LogP contribution in [0.25, 0.3) is 10.9 Å². The van der Waals surface area contributed by atoms with Crippen molar-refractivity contribution < 1.29 is 9.53 Å². The standard InChI is InChI=1S/C26H26N6O2/c27-22(19-4-6-20(7-5-19)26(33)32-12-14-34-15-13-32)8-10-24(28)31-25(29)17-18-3-9-23-21(16-18)2-1-11-30-23/h1-11,16,27H,12-15,17H2,(H3,28,29,31)/b10-8-,27-22?. The number of aliphatic imine (C=N–C) groups is 1. The largest absolute Gasteiger partial charge is 0.387 e. The molecule has 3 aromatic rings. The summed E-state index contributed by atoms with van der Waals surface area (Å²) in [7, 11) is 0. The fourth-order valence-electron chi connectivity index (χ4n) is 3.68. The van der Waals surface area contributed by atoms with Gasteiger partial charge in [-0.05, 0) is 53.6 Å². The SMILES string of the molecule is N=C(/C=C\C(=N)c1ccc(C(=O)N2CCOCC2)cc1)N=C(N)Cc1ccc2ncccc2c1. The number of nitrogens with zero attached hydrogens (tertiary/aromatic N) is 3. The molecular formula is C26H26N6O2. The van der Waals surface area contributed by atoms with Crippen LogP contribution in [-0.4, -0.2) is 59.5 Å². The van der Waals surface area contributed by atoms with Crippen molar-refractivity contribution in [2.45, 2.75) is 6.42 Å². The second-order valence-corrected chi connectivity index (χ2v) is 7.92. The van der Waals surface area contributed by atoms with Gasteiger partial charge in [0.2, 0.25) is 0 Å². The van der Waals surface area contributed by atoms with Crippen molar-refractivity contribution in [3.63, 3.8) is 0 Å². The molecule has 1 aliphatic heterocycles. The molecule has 1 fully saturated rings. The Labute approximate surface area is 197 Å². The van der Waals surface area contributed by atoms with Crippen LogP contribution in [0, 0.1) is 10.8 Å². The van der Waals surface area contributed by atoms with Crippen LogP contribution in [0.3, 0.4) is 0 Å². The van der Waals surface area contributed by atoms with E-state index in [4.69, 9.17) is 21.3 Å². The smallest absolute Gasteiger partial charge is 0.254 e. The molecule has 2 heterocycles. The molecule has 4 N–H and O–H groups in total. The fourth-order valence-corrected chi connectivity index (χ4v) is 3.68.